The summed E-state index contributed by atoms with van der Waals surface area (Å²) in [6.45, 7) is 9.22. The van der Waals surface area contributed by atoms with Crippen molar-refractivity contribution in [2.24, 2.45) is 0 Å². The molecule has 0 unspecified atom stereocenters. The van der Waals surface area contributed by atoms with Crippen molar-refractivity contribution >= 4 is 11.4 Å². The normalized spacial score (nSPS) is 18.1. The largest absolute Gasteiger partial charge is 0.343 e. The average molecular weight is 393 g/mol. The molecule has 3 aromatic heterocycles. The minimum absolute atomic E-state index is 0.00436. The van der Waals surface area contributed by atoms with E-state index in [1.807, 2.05) is 44.6 Å². The number of amides is 1. The second kappa shape index (κ2) is 7.93. The Hall–Kier alpha value is -2.77. The number of carbonyl (C=O) groups is 1. The summed E-state index contributed by atoms with van der Waals surface area (Å²) >= 11 is 0. The van der Waals surface area contributed by atoms with Gasteiger partial charge in [0, 0.05) is 44.8 Å². The molecule has 29 heavy (non-hydrogen) atoms. The van der Waals surface area contributed by atoms with Crippen LogP contribution in [-0.4, -0.2) is 50.9 Å². The SMILES string of the molecule is Cc1cccn2c(C(C)(C)NC(=O)[C@@H]3CN(Cc4cccnc4)CCN3)ncc12. The first-order valence-electron chi connectivity index (χ1n) is 10.0. The third-order valence-electron chi connectivity index (χ3n) is 5.48. The Balaban J connectivity index is 1.45. The Labute approximate surface area is 171 Å². The number of aryl methyl sites for hydroxylation is 1. The first-order chi connectivity index (χ1) is 13.9. The van der Waals surface area contributed by atoms with Crippen LogP contribution in [0.4, 0.5) is 0 Å². The summed E-state index contributed by atoms with van der Waals surface area (Å²) in [5, 5.41) is 6.55. The minimum Gasteiger partial charge on any atom is -0.343 e. The van der Waals surface area contributed by atoms with Crippen molar-refractivity contribution in [3.8, 4) is 0 Å². The zero-order valence-electron chi connectivity index (χ0n) is 17.2. The molecule has 1 saturated heterocycles. The Morgan fingerprint density at radius 1 is 1.31 bits per heavy atom. The van der Waals surface area contributed by atoms with E-state index in [0.717, 1.165) is 42.1 Å². The first kappa shape index (κ1) is 19.5. The molecule has 2 N–H and O–H groups in total. The molecule has 0 saturated carbocycles. The van der Waals surface area contributed by atoms with Crippen LogP contribution in [0.3, 0.4) is 0 Å². The number of fused-ring (bicyclic) bond motifs is 1. The second-order valence-electron chi connectivity index (χ2n) is 8.25. The summed E-state index contributed by atoms with van der Waals surface area (Å²) in [7, 11) is 0. The molecule has 0 spiro atoms. The number of aromatic nitrogens is 3. The topological polar surface area (TPSA) is 74.6 Å². The van der Waals surface area contributed by atoms with Crippen LogP contribution in [0, 0.1) is 6.92 Å². The van der Waals surface area contributed by atoms with Gasteiger partial charge in [0.05, 0.1) is 23.3 Å². The van der Waals surface area contributed by atoms with Crippen LogP contribution in [0.25, 0.3) is 5.52 Å². The van der Waals surface area contributed by atoms with Gasteiger partial charge < -0.3 is 15.0 Å². The van der Waals surface area contributed by atoms with E-state index in [2.05, 4.69) is 49.0 Å². The smallest absolute Gasteiger partial charge is 0.239 e. The van der Waals surface area contributed by atoms with Gasteiger partial charge in [0.15, 0.2) is 0 Å². The minimum atomic E-state index is -0.593. The van der Waals surface area contributed by atoms with E-state index < -0.39 is 5.54 Å². The Morgan fingerprint density at radius 2 is 2.17 bits per heavy atom. The third kappa shape index (κ3) is 4.16. The molecule has 3 aromatic rings. The van der Waals surface area contributed by atoms with E-state index in [-0.39, 0.29) is 11.9 Å². The highest BCUT2D eigenvalue weighted by molar-refractivity contribution is 5.83. The molecule has 0 radical (unpaired) electrons. The number of imidazole rings is 1. The average Bonchev–Trinajstić information content (AvgIpc) is 3.15. The number of nitrogens with one attached hydrogen (secondary N) is 2. The molecule has 7 heteroatoms. The highest BCUT2D eigenvalue weighted by atomic mass is 16.2. The Bertz CT molecular complexity index is 997. The van der Waals surface area contributed by atoms with Crippen LogP contribution in [0.15, 0.2) is 49.1 Å². The molecule has 1 atom stereocenters. The van der Waals surface area contributed by atoms with Crippen LogP contribution < -0.4 is 10.6 Å². The van der Waals surface area contributed by atoms with Crippen LogP contribution in [0.1, 0.15) is 30.8 Å². The van der Waals surface area contributed by atoms with Gasteiger partial charge >= 0.3 is 0 Å². The van der Waals surface area contributed by atoms with Crippen LogP contribution in [-0.2, 0) is 16.9 Å². The predicted octanol–water partition coefficient (Wildman–Crippen LogP) is 1.86. The fraction of sp³-hybridized carbons (Fsp3) is 0.409. The van der Waals surface area contributed by atoms with Crippen LogP contribution in [0.5, 0.6) is 0 Å². The molecule has 0 aromatic carbocycles. The van der Waals surface area contributed by atoms with Crippen molar-refractivity contribution in [2.75, 3.05) is 19.6 Å². The Morgan fingerprint density at radius 3 is 2.97 bits per heavy atom. The van der Waals surface area contributed by atoms with E-state index in [9.17, 15) is 4.79 Å². The molecule has 1 aliphatic heterocycles. The van der Waals surface area contributed by atoms with E-state index in [1.165, 1.54) is 0 Å². The quantitative estimate of drug-likeness (QED) is 0.693. The fourth-order valence-electron chi connectivity index (χ4n) is 3.96. The molecular weight excluding hydrogens is 364 g/mol. The standard InChI is InChI=1S/C22H28N6O/c1-16-6-5-10-28-19(16)13-25-21(28)22(2,3)26-20(29)18-15-27(11-9-24-18)14-17-7-4-8-23-12-17/h4-8,10,12-13,18,24H,9,11,14-15H2,1-3H3,(H,26,29)/t18-/m0/s1. The maximum Gasteiger partial charge on any atom is 0.239 e. The van der Waals surface area contributed by atoms with Crippen molar-refractivity contribution in [2.45, 2.75) is 38.9 Å². The second-order valence-corrected chi connectivity index (χ2v) is 8.25. The lowest BCUT2D eigenvalue weighted by Crippen LogP contribution is -2.59. The number of hydrogen-bond donors (Lipinski definition) is 2. The van der Waals surface area contributed by atoms with Crippen molar-refractivity contribution in [1.82, 2.24) is 29.9 Å². The van der Waals surface area contributed by atoms with Gasteiger partial charge in [-0.05, 0) is 44.0 Å². The van der Waals surface area contributed by atoms with Crippen LogP contribution >= 0.6 is 0 Å². The number of pyridine rings is 2. The van der Waals surface area contributed by atoms with Crippen molar-refractivity contribution in [3.05, 3.63) is 66.0 Å². The van der Waals surface area contributed by atoms with Gasteiger partial charge in [0.1, 0.15) is 5.82 Å². The maximum absolute atomic E-state index is 13.1. The van der Waals surface area contributed by atoms with E-state index in [4.69, 9.17) is 0 Å². The van der Waals surface area contributed by atoms with Gasteiger partial charge in [-0.3, -0.25) is 14.7 Å². The van der Waals surface area contributed by atoms with Crippen molar-refractivity contribution in [3.63, 3.8) is 0 Å². The molecule has 152 valence electrons. The molecule has 7 nitrogen and oxygen atoms in total. The number of rotatable bonds is 5. The van der Waals surface area contributed by atoms with Crippen LogP contribution in [0.2, 0.25) is 0 Å². The summed E-state index contributed by atoms with van der Waals surface area (Å²) in [4.78, 5) is 24.1. The molecule has 0 aliphatic carbocycles. The molecule has 0 bridgehead atoms. The molecule has 1 aliphatic rings. The number of carbonyl (C=O) groups excluding carboxylic acids is 1. The summed E-state index contributed by atoms with van der Waals surface area (Å²) in [6, 6.07) is 7.83. The zero-order valence-corrected chi connectivity index (χ0v) is 17.2. The summed E-state index contributed by atoms with van der Waals surface area (Å²) < 4.78 is 2.05. The summed E-state index contributed by atoms with van der Waals surface area (Å²) in [5.74, 6) is 0.822. The predicted molar refractivity (Wildman–Crippen MR) is 112 cm³/mol. The number of nitrogens with zero attached hydrogens (tertiary/aromatic N) is 4. The van der Waals surface area contributed by atoms with Gasteiger partial charge in [0.25, 0.3) is 0 Å². The molecular formula is C22H28N6O. The third-order valence-corrected chi connectivity index (χ3v) is 5.48. The molecule has 4 rings (SSSR count). The van der Waals surface area contributed by atoms with Gasteiger partial charge in [-0.1, -0.05) is 12.1 Å². The summed E-state index contributed by atoms with van der Waals surface area (Å²) in [5.41, 5.74) is 2.79. The monoisotopic (exact) mass is 392 g/mol. The van der Waals surface area contributed by atoms with E-state index >= 15 is 0 Å². The highest BCUT2D eigenvalue weighted by Gasteiger charge is 2.32. The van der Waals surface area contributed by atoms with Crippen molar-refractivity contribution in [1.29, 1.82) is 0 Å². The molecule has 1 amide bonds. The lowest BCUT2D eigenvalue weighted by Gasteiger charge is -2.35. The Kier molecular flexibility index (Phi) is 5.34. The number of piperazine rings is 1. The van der Waals surface area contributed by atoms with Gasteiger partial charge in [-0.2, -0.15) is 0 Å². The number of hydrogen-bond acceptors (Lipinski definition) is 5. The van der Waals surface area contributed by atoms with Crippen molar-refractivity contribution < 1.29 is 4.79 Å². The first-order valence-corrected chi connectivity index (χ1v) is 10.0. The molecule has 1 fully saturated rings. The van der Waals surface area contributed by atoms with E-state index in [1.54, 1.807) is 6.20 Å². The van der Waals surface area contributed by atoms with E-state index in [0.29, 0.717) is 6.54 Å². The van der Waals surface area contributed by atoms with Gasteiger partial charge in [-0.15, -0.1) is 0 Å². The van der Waals surface area contributed by atoms with Gasteiger partial charge in [0.2, 0.25) is 5.91 Å². The maximum atomic E-state index is 13.1. The zero-order chi connectivity index (χ0) is 20.4. The fourth-order valence-corrected chi connectivity index (χ4v) is 3.96. The lowest BCUT2D eigenvalue weighted by molar-refractivity contribution is -0.126. The molecule has 4 heterocycles. The lowest BCUT2D eigenvalue weighted by atomic mass is 10.0. The highest BCUT2D eigenvalue weighted by Crippen LogP contribution is 2.22. The summed E-state index contributed by atoms with van der Waals surface area (Å²) in [6.07, 6.45) is 7.52. The van der Waals surface area contributed by atoms with Gasteiger partial charge in [-0.25, -0.2) is 4.98 Å².